The zero-order chi connectivity index (χ0) is 16.4. The molecule has 0 spiro atoms. The van der Waals surface area contributed by atoms with Crippen LogP contribution in [0.3, 0.4) is 0 Å². The fourth-order valence-corrected chi connectivity index (χ4v) is 3.57. The van der Waals surface area contributed by atoms with Crippen molar-refractivity contribution in [3.8, 4) is 0 Å². The van der Waals surface area contributed by atoms with E-state index < -0.39 is 5.97 Å². The molecule has 1 fully saturated rings. The average molecular weight is 379 g/mol. The molecule has 0 N–H and O–H groups in total. The molecule has 1 aliphatic rings. The van der Waals surface area contributed by atoms with Crippen LogP contribution in [0.2, 0.25) is 0 Å². The normalized spacial score (nSPS) is 15.7. The summed E-state index contributed by atoms with van der Waals surface area (Å²) in [4.78, 5) is 29.1. The van der Waals surface area contributed by atoms with E-state index in [2.05, 4.69) is 20.9 Å². The van der Waals surface area contributed by atoms with E-state index in [4.69, 9.17) is 4.74 Å². The van der Waals surface area contributed by atoms with Crippen molar-refractivity contribution >= 4 is 32.8 Å². The molecular weight excluding hydrogens is 360 g/mol. The first-order valence-corrected chi connectivity index (χ1v) is 8.78. The molecule has 3 rings (SSSR count). The van der Waals surface area contributed by atoms with Crippen LogP contribution >= 0.6 is 15.9 Å². The van der Waals surface area contributed by atoms with Crippen molar-refractivity contribution in [1.29, 1.82) is 0 Å². The summed E-state index contributed by atoms with van der Waals surface area (Å²) in [5, 5.41) is 0.503. The number of rotatable bonds is 3. The lowest BCUT2D eigenvalue weighted by atomic mass is 9.94. The molecule has 0 amide bonds. The molecule has 122 valence electrons. The molecule has 2 heterocycles. The number of esters is 1. The van der Waals surface area contributed by atoms with E-state index in [1.54, 1.807) is 25.4 Å². The molecule has 1 saturated carbocycles. The molecule has 1 aliphatic carbocycles. The van der Waals surface area contributed by atoms with Crippen LogP contribution < -0.4 is 5.43 Å². The van der Waals surface area contributed by atoms with Gasteiger partial charge in [-0.1, -0.05) is 19.3 Å². The van der Waals surface area contributed by atoms with Gasteiger partial charge < -0.3 is 9.30 Å². The van der Waals surface area contributed by atoms with Gasteiger partial charge in [0.15, 0.2) is 0 Å². The maximum Gasteiger partial charge on any atom is 0.343 e. The number of fused-ring (bicyclic) bond motifs is 1. The minimum absolute atomic E-state index is 0.100. The van der Waals surface area contributed by atoms with Crippen molar-refractivity contribution in [2.45, 2.75) is 45.1 Å². The van der Waals surface area contributed by atoms with Crippen LogP contribution in [0.25, 0.3) is 10.9 Å². The molecule has 0 atom stereocenters. The fourth-order valence-electron chi connectivity index (χ4n) is 3.24. The quantitative estimate of drug-likeness (QED) is 0.601. The van der Waals surface area contributed by atoms with Crippen LogP contribution in [0.15, 0.2) is 27.9 Å². The summed E-state index contributed by atoms with van der Waals surface area (Å²) in [6, 6.07) is 1.97. The predicted molar refractivity (Wildman–Crippen MR) is 91.8 cm³/mol. The lowest BCUT2D eigenvalue weighted by Crippen LogP contribution is -2.23. The third-order valence-electron chi connectivity index (χ3n) is 4.35. The van der Waals surface area contributed by atoms with Crippen LogP contribution in [0.5, 0.6) is 0 Å². The second-order valence-electron chi connectivity index (χ2n) is 5.82. The summed E-state index contributed by atoms with van der Waals surface area (Å²) in [7, 11) is 0. The van der Waals surface area contributed by atoms with Crippen LogP contribution in [0, 0.1) is 0 Å². The van der Waals surface area contributed by atoms with Crippen LogP contribution in [0.1, 0.15) is 55.4 Å². The number of aromatic nitrogens is 2. The second kappa shape index (κ2) is 6.83. The number of hydrogen-bond acceptors (Lipinski definition) is 4. The van der Waals surface area contributed by atoms with Crippen LogP contribution in [0.4, 0.5) is 0 Å². The van der Waals surface area contributed by atoms with E-state index in [9.17, 15) is 9.59 Å². The molecule has 6 heteroatoms. The summed E-state index contributed by atoms with van der Waals surface area (Å²) in [6.07, 6.45) is 9.03. The fraction of sp³-hybridized carbons (Fsp3) is 0.471. The first kappa shape index (κ1) is 16.2. The van der Waals surface area contributed by atoms with E-state index in [-0.39, 0.29) is 17.6 Å². The molecule has 0 unspecified atom stereocenters. The molecule has 5 nitrogen and oxygen atoms in total. The number of carbonyl (C=O) groups excluding carboxylic acids is 1. The van der Waals surface area contributed by atoms with Gasteiger partial charge in [0.25, 0.3) is 0 Å². The minimum Gasteiger partial charge on any atom is -0.462 e. The number of nitrogens with zero attached hydrogens (tertiary/aromatic N) is 2. The lowest BCUT2D eigenvalue weighted by molar-refractivity contribution is 0.0524. The highest BCUT2D eigenvalue weighted by Crippen LogP contribution is 2.30. The topological polar surface area (TPSA) is 61.2 Å². The van der Waals surface area contributed by atoms with E-state index in [1.807, 2.05) is 4.57 Å². The van der Waals surface area contributed by atoms with Gasteiger partial charge in [0.1, 0.15) is 10.2 Å². The van der Waals surface area contributed by atoms with Gasteiger partial charge in [-0.3, -0.25) is 4.79 Å². The SMILES string of the molecule is CCOC(=O)c1cn(C2CCCCC2)c2cnc(Br)cc2c1=O. The standard InChI is InChI=1S/C17H19BrN2O3/c1-2-23-17(22)13-10-20(11-6-4-3-5-7-11)14-9-19-15(18)8-12(14)16(13)21/h8-11H,2-7H2,1H3. The number of halogens is 1. The van der Waals surface area contributed by atoms with Crippen molar-refractivity contribution in [2.75, 3.05) is 6.61 Å². The molecule has 23 heavy (non-hydrogen) atoms. The maximum absolute atomic E-state index is 12.7. The largest absolute Gasteiger partial charge is 0.462 e. The van der Waals surface area contributed by atoms with Crippen LogP contribution in [-0.2, 0) is 4.74 Å². The Morgan fingerprint density at radius 2 is 2.13 bits per heavy atom. The van der Waals surface area contributed by atoms with Gasteiger partial charge in [-0.2, -0.15) is 0 Å². The monoisotopic (exact) mass is 378 g/mol. The van der Waals surface area contributed by atoms with Gasteiger partial charge >= 0.3 is 5.97 Å². The molecule has 0 aromatic carbocycles. The Morgan fingerprint density at radius 3 is 2.83 bits per heavy atom. The smallest absolute Gasteiger partial charge is 0.343 e. The molecule has 0 radical (unpaired) electrons. The maximum atomic E-state index is 12.7. The van der Waals surface area contributed by atoms with E-state index >= 15 is 0 Å². The van der Waals surface area contributed by atoms with Gasteiger partial charge in [-0.25, -0.2) is 9.78 Å². The molecule has 2 aromatic heterocycles. The van der Waals surface area contributed by atoms with Crippen molar-refractivity contribution < 1.29 is 9.53 Å². The number of ether oxygens (including phenoxy) is 1. The summed E-state index contributed by atoms with van der Waals surface area (Å²) in [6.45, 7) is 1.99. The van der Waals surface area contributed by atoms with Gasteiger partial charge in [0, 0.05) is 12.2 Å². The van der Waals surface area contributed by atoms with Crippen LogP contribution in [-0.4, -0.2) is 22.1 Å². The van der Waals surface area contributed by atoms with E-state index in [1.165, 1.54) is 6.42 Å². The second-order valence-corrected chi connectivity index (χ2v) is 6.63. The van der Waals surface area contributed by atoms with E-state index in [0.29, 0.717) is 16.0 Å². The third kappa shape index (κ3) is 3.17. The highest BCUT2D eigenvalue weighted by Gasteiger charge is 2.22. The van der Waals surface area contributed by atoms with Crippen molar-refractivity contribution in [1.82, 2.24) is 9.55 Å². The number of carbonyl (C=O) groups is 1. The van der Waals surface area contributed by atoms with Gasteiger partial charge in [-0.05, 0) is 41.8 Å². The highest BCUT2D eigenvalue weighted by molar-refractivity contribution is 9.10. The van der Waals surface area contributed by atoms with Gasteiger partial charge in [0.05, 0.1) is 23.7 Å². The number of hydrogen-bond donors (Lipinski definition) is 0. The van der Waals surface area contributed by atoms with Crippen molar-refractivity contribution in [3.63, 3.8) is 0 Å². The summed E-state index contributed by atoms with van der Waals surface area (Å²) in [5.41, 5.74) is 0.579. The Labute approximate surface area is 142 Å². The molecule has 0 aliphatic heterocycles. The summed E-state index contributed by atoms with van der Waals surface area (Å²) < 4.78 is 7.68. The first-order chi connectivity index (χ1) is 11.1. The summed E-state index contributed by atoms with van der Waals surface area (Å²) in [5.74, 6) is -0.558. The Bertz CT molecular complexity index is 794. The lowest BCUT2D eigenvalue weighted by Gasteiger charge is -2.26. The Kier molecular flexibility index (Phi) is 4.80. The molecule has 0 bridgehead atoms. The Morgan fingerprint density at radius 1 is 1.39 bits per heavy atom. The Balaban J connectivity index is 2.22. The van der Waals surface area contributed by atoms with E-state index in [0.717, 1.165) is 31.2 Å². The van der Waals surface area contributed by atoms with Gasteiger partial charge in [0.2, 0.25) is 5.43 Å². The predicted octanol–water partition coefficient (Wildman–Crippen LogP) is 3.84. The number of pyridine rings is 2. The zero-order valence-corrected chi connectivity index (χ0v) is 14.6. The third-order valence-corrected chi connectivity index (χ3v) is 4.78. The zero-order valence-electron chi connectivity index (χ0n) is 13.0. The molecular formula is C17H19BrN2O3. The van der Waals surface area contributed by atoms with Crippen molar-refractivity contribution in [3.05, 3.63) is 38.9 Å². The highest BCUT2D eigenvalue weighted by atomic mass is 79.9. The molecule has 0 saturated heterocycles. The molecule has 2 aromatic rings. The Hall–Kier alpha value is -1.69. The van der Waals surface area contributed by atoms with Gasteiger partial charge in [-0.15, -0.1) is 0 Å². The minimum atomic E-state index is -0.558. The van der Waals surface area contributed by atoms with Crippen molar-refractivity contribution in [2.24, 2.45) is 0 Å². The summed E-state index contributed by atoms with van der Waals surface area (Å²) >= 11 is 3.30. The average Bonchev–Trinajstić information content (AvgIpc) is 2.56. The first-order valence-electron chi connectivity index (χ1n) is 7.99.